The van der Waals surface area contributed by atoms with Crippen molar-refractivity contribution in [2.24, 2.45) is 0 Å². The van der Waals surface area contributed by atoms with Gasteiger partial charge in [-0.25, -0.2) is 4.39 Å². The molecule has 0 aliphatic carbocycles. The molecule has 3 rings (SSSR count). The Morgan fingerprint density at radius 2 is 2.00 bits per heavy atom. The lowest BCUT2D eigenvalue weighted by Gasteiger charge is -2.07. The monoisotopic (exact) mass is 284 g/mol. The lowest BCUT2D eigenvalue weighted by Crippen LogP contribution is -2.00. The van der Waals surface area contributed by atoms with Crippen molar-refractivity contribution >= 4 is 16.6 Å². The van der Waals surface area contributed by atoms with Gasteiger partial charge in [0, 0.05) is 24.3 Å². The average Bonchev–Trinajstić information content (AvgIpc) is 2.80. The number of nitro groups is 1. The molecular weight excluding hydrogens is 271 g/mol. The molecule has 0 amide bonds. The molecule has 0 saturated heterocycles. The smallest absolute Gasteiger partial charge is 0.272 e. The van der Waals surface area contributed by atoms with Crippen molar-refractivity contribution in [1.82, 2.24) is 4.57 Å². The second-order valence-corrected chi connectivity index (χ2v) is 5.08. The number of halogens is 1. The first-order chi connectivity index (χ1) is 10.0. The lowest BCUT2D eigenvalue weighted by atomic mass is 10.1. The summed E-state index contributed by atoms with van der Waals surface area (Å²) in [6, 6.07) is 11.7. The number of aromatic nitrogens is 1. The molecule has 0 aliphatic rings. The van der Waals surface area contributed by atoms with E-state index in [4.69, 9.17) is 0 Å². The van der Waals surface area contributed by atoms with Gasteiger partial charge < -0.3 is 4.57 Å². The summed E-state index contributed by atoms with van der Waals surface area (Å²) in [5.41, 5.74) is 2.51. The van der Waals surface area contributed by atoms with Gasteiger partial charge in [0.15, 0.2) is 0 Å². The molecule has 3 aromatic rings. The molecule has 21 heavy (non-hydrogen) atoms. The largest absolute Gasteiger partial charge is 0.343 e. The minimum absolute atomic E-state index is 0.224. The molecule has 2 aromatic carbocycles. The molecule has 1 heterocycles. The molecule has 0 atom stereocenters. The predicted molar refractivity (Wildman–Crippen MR) is 78.8 cm³/mol. The fourth-order valence-electron chi connectivity index (χ4n) is 2.46. The molecule has 0 aliphatic heterocycles. The van der Waals surface area contributed by atoms with Gasteiger partial charge >= 0.3 is 0 Å². The third-order valence-corrected chi connectivity index (χ3v) is 3.44. The Morgan fingerprint density at radius 3 is 2.76 bits per heavy atom. The fraction of sp³-hybridized carbons (Fsp3) is 0.125. The number of nitrogens with zero attached hydrogens (tertiary/aromatic N) is 2. The number of fused-ring (bicyclic) bond motifs is 1. The quantitative estimate of drug-likeness (QED) is 0.538. The number of non-ortho nitro benzene ring substituents is 1. The molecule has 0 fully saturated rings. The fourth-order valence-corrected chi connectivity index (χ4v) is 2.46. The number of aryl methyl sites for hydroxylation is 1. The second-order valence-electron chi connectivity index (χ2n) is 5.08. The van der Waals surface area contributed by atoms with Crippen LogP contribution in [0.3, 0.4) is 0 Å². The van der Waals surface area contributed by atoms with Crippen LogP contribution in [0.2, 0.25) is 0 Å². The summed E-state index contributed by atoms with van der Waals surface area (Å²) in [6.07, 6.45) is 1.90. The molecule has 0 bridgehead atoms. The Hall–Kier alpha value is -2.69. The van der Waals surface area contributed by atoms with Gasteiger partial charge in [-0.05, 0) is 41.6 Å². The van der Waals surface area contributed by atoms with E-state index in [-0.39, 0.29) is 5.69 Å². The zero-order valence-electron chi connectivity index (χ0n) is 11.4. The summed E-state index contributed by atoms with van der Waals surface area (Å²) in [4.78, 5) is 10.2. The zero-order valence-corrected chi connectivity index (χ0v) is 11.4. The van der Waals surface area contributed by atoms with Crippen LogP contribution in [0.1, 0.15) is 11.1 Å². The summed E-state index contributed by atoms with van der Waals surface area (Å²) in [6.45, 7) is 2.40. The van der Waals surface area contributed by atoms with Gasteiger partial charge in [0.25, 0.3) is 5.69 Å². The van der Waals surface area contributed by atoms with Crippen LogP contribution in [0.4, 0.5) is 10.1 Å². The maximum absolute atomic E-state index is 13.5. The molecule has 4 nitrogen and oxygen atoms in total. The Labute approximate surface area is 120 Å². The first-order valence-electron chi connectivity index (χ1n) is 6.52. The van der Waals surface area contributed by atoms with Crippen molar-refractivity contribution in [3.05, 3.63) is 75.7 Å². The topological polar surface area (TPSA) is 48.1 Å². The SMILES string of the molecule is Cc1ccc2ccn(Cc3cc(F)cc([N+](=O)[O-])c3)c2c1. The van der Waals surface area contributed by atoms with Crippen LogP contribution in [0.5, 0.6) is 0 Å². The normalized spacial score (nSPS) is 11.0. The molecular formula is C16H13FN2O2. The van der Waals surface area contributed by atoms with Gasteiger partial charge in [0.2, 0.25) is 0 Å². The van der Waals surface area contributed by atoms with Crippen molar-refractivity contribution in [3.8, 4) is 0 Å². The van der Waals surface area contributed by atoms with Crippen LogP contribution in [-0.4, -0.2) is 9.49 Å². The second kappa shape index (κ2) is 5.01. The van der Waals surface area contributed by atoms with Crippen LogP contribution in [0.25, 0.3) is 10.9 Å². The van der Waals surface area contributed by atoms with Crippen molar-refractivity contribution < 1.29 is 9.31 Å². The maximum Gasteiger partial charge on any atom is 0.272 e. The van der Waals surface area contributed by atoms with Gasteiger partial charge in [-0.15, -0.1) is 0 Å². The first kappa shape index (κ1) is 13.3. The Kier molecular flexibility index (Phi) is 3.17. The van der Waals surface area contributed by atoms with E-state index >= 15 is 0 Å². The molecule has 1 aromatic heterocycles. The van der Waals surface area contributed by atoms with Crippen molar-refractivity contribution in [3.63, 3.8) is 0 Å². The molecule has 0 saturated carbocycles. The van der Waals surface area contributed by atoms with E-state index in [1.807, 2.05) is 42.0 Å². The summed E-state index contributed by atoms with van der Waals surface area (Å²) in [5, 5.41) is 11.9. The minimum atomic E-state index is -0.591. The highest BCUT2D eigenvalue weighted by molar-refractivity contribution is 5.80. The van der Waals surface area contributed by atoms with E-state index in [1.165, 1.54) is 12.1 Å². The third-order valence-electron chi connectivity index (χ3n) is 3.44. The van der Waals surface area contributed by atoms with Crippen LogP contribution < -0.4 is 0 Å². The minimum Gasteiger partial charge on any atom is -0.343 e. The summed E-state index contributed by atoms with van der Waals surface area (Å²) in [5.74, 6) is -0.591. The van der Waals surface area contributed by atoms with E-state index in [2.05, 4.69) is 0 Å². The van der Waals surface area contributed by atoms with Crippen molar-refractivity contribution in [2.45, 2.75) is 13.5 Å². The average molecular weight is 284 g/mol. The predicted octanol–water partition coefficient (Wildman–Crippen LogP) is 4.05. The van der Waals surface area contributed by atoms with E-state index in [0.717, 1.165) is 22.5 Å². The molecule has 5 heteroatoms. The molecule has 106 valence electrons. The zero-order chi connectivity index (χ0) is 15.0. The number of rotatable bonds is 3. The van der Waals surface area contributed by atoms with Crippen LogP contribution >= 0.6 is 0 Å². The molecule has 0 spiro atoms. The Bertz CT molecular complexity index is 839. The highest BCUT2D eigenvalue weighted by Gasteiger charge is 2.11. The summed E-state index contributed by atoms with van der Waals surface area (Å²) < 4.78 is 15.4. The molecule has 0 radical (unpaired) electrons. The molecule has 0 unspecified atom stereocenters. The first-order valence-corrected chi connectivity index (χ1v) is 6.52. The van der Waals surface area contributed by atoms with Gasteiger partial charge in [0.1, 0.15) is 5.82 Å². The van der Waals surface area contributed by atoms with Gasteiger partial charge in [-0.3, -0.25) is 10.1 Å². The Morgan fingerprint density at radius 1 is 1.19 bits per heavy atom. The van der Waals surface area contributed by atoms with E-state index in [1.54, 1.807) is 0 Å². The van der Waals surface area contributed by atoms with E-state index in [9.17, 15) is 14.5 Å². The maximum atomic E-state index is 13.5. The van der Waals surface area contributed by atoms with Crippen LogP contribution in [0.15, 0.2) is 48.7 Å². The summed E-state index contributed by atoms with van der Waals surface area (Å²) >= 11 is 0. The van der Waals surface area contributed by atoms with Gasteiger partial charge in [-0.1, -0.05) is 12.1 Å². The third kappa shape index (κ3) is 2.63. The van der Waals surface area contributed by atoms with E-state index in [0.29, 0.717) is 12.1 Å². The number of hydrogen-bond donors (Lipinski definition) is 0. The van der Waals surface area contributed by atoms with Gasteiger partial charge in [-0.2, -0.15) is 0 Å². The van der Waals surface area contributed by atoms with Crippen molar-refractivity contribution in [2.75, 3.05) is 0 Å². The lowest BCUT2D eigenvalue weighted by molar-refractivity contribution is -0.385. The van der Waals surface area contributed by atoms with Crippen LogP contribution in [0, 0.1) is 22.9 Å². The van der Waals surface area contributed by atoms with E-state index < -0.39 is 10.7 Å². The van der Waals surface area contributed by atoms with Gasteiger partial charge in [0.05, 0.1) is 11.0 Å². The Balaban J connectivity index is 2.02. The number of benzene rings is 2. The number of hydrogen-bond acceptors (Lipinski definition) is 2. The highest BCUT2D eigenvalue weighted by Crippen LogP contribution is 2.21. The highest BCUT2D eigenvalue weighted by atomic mass is 19.1. The number of nitro benzene ring substituents is 1. The van der Waals surface area contributed by atoms with Crippen molar-refractivity contribution in [1.29, 1.82) is 0 Å². The molecule has 0 N–H and O–H groups in total. The summed E-state index contributed by atoms with van der Waals surface area (Å²) in [7, 11) is 0. The van der Waals surface area contributed by atoms with Crippen LogP contribution in [-0.2, 0) is 6.54 Å². The standard InChI is InChI=1S/C16H13FN2O2/c1-11-2-3-13-4-5-18(16(13)6-11)10-12-7-14(17)9-15(8-12)19(20)21/h2-9H,10H2,1H3.